The zero-order valence-corrected chi connectivity index (χ0v) is 12.1. The first-order valence-corrected chi connectivity index (χ1v) is 6.50. The molecule has 0 saturated carbocycles. The van der Waals surface area contributed by atoms with Gasteiger partial charge in [0.15, 0.2) is 0 Å². The molecule has 2 atom stereocenters. The molecule has 106 valence electrons. The number of carboxylic acids is 1. The Hall–Kier alpha value is -1.10. The van der Waals surface area contributed by atoms with E-state index in [2.05, 4.69) is 5.32 Å². The van der Waals surface area contributed by atoms with Gasteiger partial charge >= 0.3 is 5.97 Å². The van der Waals surface area contributed by atoms with Crippen molar-refractivity contribution in [3.63, 3.8) is 0 Å². The van der Waals surface area contributed by atoms with Crippen molar-refractivity contribution in [3.8, 4) is 0 Å². The first-order valence-electron chi connectivity index (χ1n) is 6.50. The van der Waals surface area contributed by atoms with Crippen LogP contribution in [0.5, 0.6) is 0 Å². The number of nitrogens with one attached hydrogen (secondary N) is 1. The van der Waals surface area contributed by atoms with Crippen molar-refractivity contribution < 1.29 is 14.7 Å². The predicted octanol–water partition coefficient (Wildman–Crippen LogP) is 1.33. The van der Waals surface area contributed by atoms with Crippen LogP contribution in [0.3, 0.4) is 0 Å². The summed E-state index contributed by atoms with van der Waals surface area (Å²) in [6.07, 6.45) is 2.20. The topological polar surface area (TPSA) is 69.6 Å². The lowest BCUT2D eigenvalue weighted by atomic mass is 10.0. The van der Waals surface area contributed by atoms with E-state index >= 15 is 0 Å². The van der Waals surface area contributed by atoms with Crippen LogP contribution in [-0.2, 0) is 9.59 Å². The third-order valence-electron chi connectivity index (χ3n) is 2.92. The molecule has 1 amide bonds. The highest BCUT2D eigenvalue weighted by atomic mass is 16.4. The molecular weight excluding hydrogens is 232 g/mol. The first-order chi connectivity index (χ1) is 8.31. The Morgan fingerprint density at radius 3 is 2.17 bits per heavy atom. The minimum atomic E-state index is -0.960. The molecule has 0 aliphatic carbocycles. The number of nitrogens with zero attached hydrogens (tertiary/aromatic N) is 1. The third-order valence-corrected chi connectivity index (χ3v) is 2.92. The van der Waals surface area contributed by atoms with Gasteiger partial charge in [-0.25, -0.2) is 4.79 Å². The van der Waals surface area contributed by atoms with Gasteiger partial charge in [-0.1, -0.05) is 33.6 Å². The van der Waals surface area contributed by atoms with Crippen molar-refractivity contribution in [2.45, 2.75) is 52.1 Å². The third kappa shape index (κ3) is 5.49. The maximum Gasteiger partial charge on any atom is 0.326 e. The van der Waals surface area contributed by atoms with Crippen LogP contribution in [-0.4, -0.2) is 48.1 Å². The minimum Gasteiger partial charge on any atom is -0.480 e. The average Bonchev–Trinajstić information content (AvgIpc) is 2.22. The maximum absolute atomic E-state index is 12.1. The molecule has 5 heteroatoms. The van der Waals surface area contributed by atoms with Crippen LogP contribution in [0.4, 0.5) is 0 Å². The smallest absolute Gasteiger partial charge is 0.326 e. The molecule has 0 saturated heterocycles. The van der Waals surface area contributed by atoms with Gasteiger partial charge in [0.05, 0.1) is 6.04 Å². The van der Waals surface area contributed by atoms with Crippen LogP contribution < -0.4 is 5.32 Å². The van der Waals surface area contributed by atoms with Crippen molar-refractivity contribution >= 4 is 11.9 Å². The summed E-state index contributed by atoms with van der Waals surface area (Å²) in [6, 6.07) is -1.08. The van der Waals surface area contributed by atoms with Gasteiger partial charge in [0.25, 0.3) is 0 Å². The highest BCUT2D eigenvalue weighted by Gasteiger charge is 2.28. The Balaban J connectivity index is 4.61. The van der Waals surface area contributed by atoms with Crippen molar-refractivity contribution in [2.24, 2.45) is 5.92 Å². The SMILES string of the molecule is CCCCC(NC(=O)C(C(C)C)N(C)C)C(=O)O. The van der Waals surface area contributed by atoms with Crippen molar-refractivity contribution in [1.82, 2.24) is 10.2 Å². The van der Waals surface area contributed by atoms with E-state index in [1.54, 1.807) is 0 Å². The van der Waals surface area contributed by atoms with E-state index in [9.17, 15) is 9.59 Å². The number of aliphatic carboxylic acids is 1. The molecule has 0 aromatic rings. The van der Waals surface area contributed by atoms with Gasteiger partial charge in [-0.05, 0) is 26.4 Å². The summed E-state index contributed by atoms with van der Waals surface area (Å²) >= 11 is 0. The fraction of sp³-hybridized carbons (Fsp3) is 0.846. The Morgan fingerprint density at radius 2 is 1.83 bits per heavy atom. The fourth-order valence-electron chi connectivity index (χ4n) is 2.06. The van der Waals surface area contributed by atoms with Crippen molar-refractivity contribution in [1.29, 1.82) is 0 Å². The highest BCUT2D eigenvalue weighted by Crippen LogP contribution is 2.09. The Labute approximate surface area is 110 Å². The van der Waals surface area contributed by atoms with E-state index in [4.69, 9.17) is 5.11 Å². The van der Waals surface area contributed by atoms with E-state index in [1.807, 2.05) is 39.8 Å². The summed E-state index contributed by atoms with van der Waals surface area (Å²) in [7, 11) is 3.65. The number of amides is 1. The molecule has 0 rings (SSSR count). The van der Waals surface area contributed by atoms with Crippen LogP contribution in [0, 0.1) is 5.92 Å². The second-order valence-corrected chi connectivity index (χ2v) is 5.19. The van der Waals surface area contributed by atoms with E-state index in [0.29, 0.717) is 6.42 Å². The summed E-state index contributed by atoms with van der Waals surface area (Å²) < 4.78 is 0. The zero-order valence-electron chi connectivity index (χ0n) is 12.1. The van der Waals surface area contributed by atoms with E-state index in [-0.39, 0.29) is 17.9 Å². The Morgan fingerprint density at radius 1 is 1.28 bits per heavy atom. The molecule has 0 aromatic carbocycles. The molecular formula is C13H26N2O3. The lowest BCUT2D eigenvalue weighted by Gasteiger charge is -2.28. The number of rotatable bonds is 8. The van der Waals surface area contributed by atoms with Crippen LogP contribution in [0.2, 0.25) is 0 Å². The summed E-state index contributed by atoms with van der Waals surface area (Å²) in [6.45, 7) is 5.90. The van der Waals surface area contributed by atoms with Gasteiger partial charge in [0.1, 0.15) is 6.04 Å². The number of carbonyl (C=O) groups excluding carboxylic acids is 1. The maximum atomic E-state index is 12.1. The number of likely N-dealkylation sites (N-methyl/N-ethyl adjacent to an activating group) is 1. The molecule has 18 heavy (non-hydrogen) atoms. The van der Waals surface area contributed by atoms with Gasteiger partial charge < -0.3 is 10.4 Å². The van der Waals surface area contributed by atoms with Crippen molar-refractivity contribution in [3.05, 3.63) is 0 Å². The summed E-state index contributed by atoms with van der Waals surface area (Å²) in [5.41, 5.74) is 0. The monoisotopic (exact) mass is 258 g/mol. The molecule has 0 heterocycles. The molecule has 0 aliphatic rings. The van der Waals surface area contributed by atoms with Crippen LogP contribution >= 0.6 is 0 Å². The van der Waals surface area contributed by atoms with Gasteiger partial charge in [0.2, 0.25) is 5.91 Å². The van der Waals surface area contributed by atoms with Gasteiger partial charge in [-0.15, -0.1) is 0 Å². The number of hydrogen-bond acceptors (Lipinski definition) is 3. The fourth-order valence-corrected chi connectivity index (χ4v) is 2.06. The molecule has 0 aromatic heterocycles. The van der Waals surface area contributed by atoms with E-state index in [0.717, 1.165) is 12.8 Å². The number of carbonyl (C=O) groups is 2. The first kappa shape index (κ1) is 16.9. The minimum absolute atomic E-state index is 0.139. The molecule has 0 aliphatic heterocycles. The number of hydrogen-bond donors (Lipinski definition) is 2. The predicted molar refractivity (Wildman–Crippen MR) is 71.4 cm³/mol. The molecule has 2 unspecified atom stereocenters. The molecule has 0 fully saturated rings. The summed E-state index contributed by atoms with van der Waals surface area (Å²) in [4.78, 5) is 25.0. The molecule has 0 radical (unpaired) electrons. The largest absolute Gasteiger partial charge is 0.480 e. The second-order valence-electron chi connectivity index (χ2n) is 5.19. The highest BCUT2D eigenvalue weighted by molar-refractivity contribution is 5.87. The van der Waals surface area contributed by atoms with E-state index < -0.39 is 12.0 Å². The normalized spacial score (nSPS) is 14.6. The standard InChI is InChI=1S/C13H26N2O3/c1-6-7-8-10(13(17)18)14-12(16)11(9(2)3)15(4)5/h9-11H,6-8H2,1-5H3,(H,14,16)(H,17,18). The van der Waals surface area contributed by atoms with Crippen molar-refractivity contribution in [2.75, 3.05) is 14.1 Å². The molecule has 0 bridgehead atoms. The lowest BCUT2D eigenvalue weighted by molar-refractivity contribution is -0.143. The molecule has 0 spiro atoms. The Bertz CT molecular complexity index is 269. The Kier molecular flexibility index (Phi) is 7.59. The van der Waals surface area contributed by atoms with Gasteiger partial charge in [-0.2, -0.15) is 0 Å². The molecule has 5 nitrogen and oxygen atoms in total. The van der Waals surface area contributed by atoms with Gasteiger partial charge in [-0.3, -0.25) is 9.69 Å². The summed E-state index contributed by atoms with van der Waals surface area (Å²) in [5, 5.41) is 11.7. The van der Waals surface area contributed by atoms with Gasteiger partial charge in [0, 0.05) is 0 Å². The quantitative estimate of drug-likeness (QED) is 0.689. The van der Waals surface area contributed by atoms with Crippen LogP contribution in [0.15, 0.2) is 0 Å². The molecule has 2 N–H and O–H groups in total. The average molecular weight is 258 g/mol. The zero-order chi connectivity index (χ0) is 14.3. The number of unbranched alkanes of at least 4 members (excludes halogenated alkanes) is 1. The van der Waals surface area contributed by atoms with E-state index in [1.165, 1.54) is 0 Å². The second kappa shape index (κ2) is 8.08. The number of carboxylic acid groups (broad SMARTS) is 1. The van der Waals surface area contributed by atoms with Crippen LogP contribution in [0.25, 0.3) is 0 Å². The lowest BCUT2D eigenvalue weighted by Crippen LogP contribution is -2.51. The van der Waals surface area contributed by atoms with Crippen LogP contribution in [0.1, 0.15) is 40.0 Å². The summed E-state index contributed by atoms with van der Waals surface area (Å²) in [5.74, 6) is -1.03.